The van der Waals surface area contributed by atoms with E-state index in [0.717, 1.165) is 25.8 Å². The number of hydrogen-bond acceptors (Lipinski definition) is 9. The molecule has 0 bridgehead atoms. The minimum Gasteiger partial charge on any atom is -0.446 e. The molecular formula is C30H39N5O7S. The molecule has 0 aromatic heterocycles. The van der Waals surface area contributed by atoms with Gasteiger partial charge in [-0.1, -0.05) is 18.2 Å². The summed E-state index contributed by atoms with van der Waals surface area (Å²) in [5.74, 6) is -3.34. The van der Waals surface area contributed by atoms with Crippen molar-refractivity contribution in [2.45, 2.75) is 68.3 Å². The van der Waals surface area contributed by atoms with Crippen LogP contribution in [0.3, 0.4) is 0 Å². The first-order valence-electron chi connectivity index (χ1n) is 14.6. The fraction of sp³-hybridized carbons (Fsp3) is 0.567. The summed E-state index contributed by atoms with van der Waals surface area (Å²) in [4.78, 5) is 53.3. The largest absolute Gasteiger partial charge is 0.446 e. The van der Waals surface area contributed by atoms with Gasteiger partial charge in [0.1, 0.15) is 17.9 Å². The molecule has 0 aliphatic heterocycles. The van der Waals surface area contributed by atoms with Crippen LogP contribution < -0.4 is 15.4 Å². The highest BCUT2D eigenvalue weighted by atomic mass is 32.2. The van der Waals surface area contributed by atoms with Crippen LogP contribution >= 0.6 is 0 Å². The van der Waals surface area contributed by atoms with E-state index in [1.807, 2.05) is 32.3 Å². The van der Waals surface area contributed by atoms with Crippen LogP contribution in [0.2, 0.25) is 0 Å². The number of benzene rings is 1. The van der Waals surface area contributed by atoms with E-state index >= 15 is 0 Å². The SMILES string of the molecule is CN(C)CCCC/C=C\[C@@H]1C[C@]1(NC(=O)[C@@H]1C[C@@H](OC(=O)Nc2cccc(C#N)c2)C[C@H]1C=O)C(=O)NS(=O)(=O)C1CC1. The lowest BCUT2D eigenvalue weighted by atomic mass is 9.96. The van der Waals surface area contributed by atoms with Gasteiger partial charge in [0.2, 0.25) is 15.9 Å². The number of nitrogens with one attached hydrogen (secondary N) is 3. The molecule has 5 atom stereocenters. The predicted molar refractivity (Wildman–Crippen MR) is 158 cm³/mol. The molecule has 0 unspecified atom stereocenters. The number of anilines is 1. The highest BCUT2D eigenvalue weighted by Crippen LogP contribution is 2.46. The normalized spacial score (nSPS) is 26.5. The molecule has 3 aliphatic rings. The Labute approximate surface area is 252 Å². The second-order valence-electron chi connectivity index (χ2n) is 11.9. The van der Waals surface area contributed by atoms with E-state index in [9.17, 15) is 27.6 Å². The van der Waals surface area contributed by atoms with Crippen molar-refractivity contribution < 1.29 is 32.3 Å². The Kier molecular flexibility index (Phi) is 10.2. The molecule has 4 rings (SSSR count). The zero-order valence-electron chi connectivity index (χ0n) is 24.5. The first kappa shape index (κ1) is 32.2. The standard InChI is InChI=1S/C30H39N5O7S/c1-35(2)13-6-4-3-5-9-22-17-30(22,28(38)34-43(40,41)25-11-12-25)33-27(37)26-16-24(15-21(26)19-36)42-29(39)32-23-10-7-8-20(14-23)18-31/h5,7-10,14,19,21-22,24-26H,3-4,6,11-13,15-17H2,1-2H3,(H,32,39)(H,33,37)(H,34,38)/b9-5-/t21-,22+,24-,26+,30+/m0/s1. The summed E-state index contributed by atoms with van der Waals surface area (Å²) in [6, 6.07) is 8.26. The number of carbonyl (C=O) groups excluding carboxylic acids is 4. The summed E-state index contributed by atoms with van der Waals surface area (Å²) in [6.45, 7) is 0.957. The van der Waals surface area contributed by atoms with Crippen LogP contribution in [0.25, 0.3) is 0 Å². The van der Waals surface area contributed by atoms with Gasteiger partial charge in [0.05, 0.1) is 22.8 Å². The molecule has 3 amide bonds. The number of nitrogens with zero attached hydrogens (tertiary/aromatic N) is 2. The van der Waals surface area contributed by atoms with Crippen molar-refractivity contribution in [1.29, 1.82) is 5.26 Å². The highest BCUT2D eigenvalue weighted by Gasteiger charge is 2.62. The van der Waals surface area contributed by atoms with E-state index in [2.05, 4.69) is 20.3 Å². The third-order valence-corrected chi connectivity index (χ3v) is 9.97. The molecule has 232 valence electrons. The third kappa shape index (κ3) is 8.42. The minimum atomic E-state index is -3.83. The lowest BCUT2D eigenvalue weighted by Crippen LogP contribution is -2.54. The third-order valence-electron chi connectivity index (χ3n) is 8.15. The van der Waals surface area contributed by atoms with Gasteiger partial charge in [-0.25, -0.2) is 13.2 Å². The lowest BCUT2D eigenvalue weighted by molar-refractivity contribution is -0.133. The molecule has 1 aromatic rings. The number of amides is 3. The van der Waals surface area contributed by atoms with Crippen LogP contribution in [0.5, 0.6) is 0 Å². The number of carbonyl (C=O) groups is 4. The summed E-state index contributed by atoms with van der Waals surface area (Å²) < 4.78 is 32.7. The molecule has 13 heteroatoms. The molecule has 0 heterocycles. The van der Waals surface area contributed by atoms with Gasteiger partial charge >= 0.3 is 6.09 Å². The molecule has 43 heavy (non-hydrogen) atoms. The molecule has 0 radical (unpaired) electrons. The number of rotatable bonds is 14. The first-order valence-corrected chi connectivity index (χ1v) is 16.1. The molecule has 3 aliphatic carbocycles. The van der Waals surface area contributed by atoms with E-state index < -0.39 is 62.6 Å². The van der Waals surface area contributed by atoms with Crippen molar-refractivity contribution in [2.24, 2.45) is 17.8 Å². The summed E-state index contributed by atoms with van der Waals surface area (Å²) in [5, 5.41) is 13.8. The molecule has 12 nitrogen and oxygen atoms in total. The quantitative estimate of drug-likeness (QED) is 0.162. The monoisotopic (exact) mass is 613 g/mol. The van der Waals surface area contributed by atoms with Gasteiger partial charge in [-0.2, -0.15) is 5.26 Å². The van der Waals surface area contributed by atoms with Crippen LogP contribution in [0, 0.1) is 29.1 Å². The average Bonchev–Trinajstić information content (AvgIpc) is 3.88. The second-order valence-corrected chi connectivity index (χ2v) is 13.9. The molecule has 0 spiro atoms. The number of nitriles is 1. The molecule has 3 fully saturated rings. The number of sulfonamides is 1. The number of aldehydes is 1. The summed E-state index contributed by atoms with van der Waals surface area (Å²) in [7, 11) is 0.175. The fourth-order valence-corrected chi connectivity index (χ4v) is 6.83. The van der Waals surface area contributed by atoms with Crippen LogP contribution in [0.15, 0.2) is 36.4 Å². The maximum atomic E-state index is 13.5. The van der Waals surface area contributed by atoms with E-state index in [-0.39, 0.29) is 19.3 Å². The smallest absolute Gasteiger partial charge is 0.411 e. The molecule has 1 aromatic carbocycles. The van der Waals surface area contributed by atoms with E-state index in [1.165, 1.54) is 6.07 Å². The number of ether oxygens (including phenoxy) is 1. The van der Waals surface area contributed by atoms with E-state index in [0.29, 0.717) is 30.4 Å². The molecule has 3 saturated carbocycles. The van der Waals surface area contributed by atoms with Crippen LogP contribution in [-0.4, -0.2) is 75.0 Å². The number of hydrogen-bond donors (Lipinski definition) is 3. The molecule has 3 N–H and O–H groups in total. The highest BCUT2D eigenvalue weighted by molar-refractivity contribution is 7.91. The minimum absolute atomic E-state index is 0.0609. The van der Waals surface area contributed by atoms with Crippen molar-refractivity contribution in [3.8, 4) is 6.07 Å². The first-order chi connectivity index (χ1) is 20.5. The lowest BCUT2D eigenvalue weighted by Gasteiger charge is -2.22. The average molecular weight is 614 g/mol. The predicted octanol–water partition coefficient (Wildman–Crippen LogP) is 2.47. The van der Waals surface area contributed by atoms with Gasteiger partial charge in [0.25, 0.3) is 5.91 Å². The number of allylic oxidation sites excluding steroid dienone is 1. The summed E-state index contributed by atoms with van der Waals surface area (Å²) >= 11 is 0. The van der Waals surface area contributed by atoms with Crippen LogP contribution in [-0.2, 0) is 29.1 Å². The Morgan fingerprint density at radius 3 is 2.63 bits per heavy atom. The Morgan fingerprint density at radius 2 is 1.95 bits per heavy atom. The molecular weight excluding hydrogens is 574 g/mol. The van der Waals surface area contributed by atoms with Gasteiger partial charge in [0, 0.05) is 17.5 Å². The van der Waals surface area contributed by atoms with Gasteiger partial charge in [-0.15, -0.1) is 0 Å². The Hall–Kier alpha value is -3.76. The van der Waals surface area contributed by atoms with Crippen molar-refractivity contribution in [2.75, 3.05) is 26.0 Å². The second kappa shape index (κ2) is 13.7. The van der Waals surface area contributed by atoms with E-state index in [1.54, 1.807) is 18.2 Å². The van der Waals surface area contributed by atoms with Crippen molar-refractivity contribution in [3.05, 3.63) is 42.0 Å². The van der Waals surface area contributed by atoms with Gasteiger partial charge < -0.3 is 19.7 Å². The maximum absolute atomic E-state index is 13.5. The van der Waals surface area contributed by atoms with Gasteiger partial charge in [-0.05, 0) is 90.2 Å². The fourth-order valence-electron chi connectivity index (χ4n) is 5.46. The van der Waals surface area contributed by atoms with Crippen LogP contribution in [0.4, 0.5) is 10.5 Å². The summed E-state index contributed by atoms with van der Waals surface area (Å²) in [6.07, 6.45) is 7.06. The van der Waals surface area contributed by atoms with Crippen molar-refractivity contribution in [1.82, 2.24) is 14.9 Å². The maximum Gasteiger partial charge on any atom is 0.411 e. The van der Waals surface area contributed by atoms with E-state index in [4.69, 9.17) is 10.00 Å². The zero-order chi connectivity index (χ0) is 31.2. The zero-order valence-corrected chi connectivity index (χ0v) is 25.3. The molecule has 0 saturated heterocycles. The topological polar surface area (TPSA) is 175 Å². The Bertz CT molecular complexity index is 1400. The Balaban J connectivity index is 1.39. The van der Waals surface area contributed by atoms with Gasteiger partial charge in [-0.3, -0.25) is 19.6 Å². The van der Waals surface area contributed by atoms with Crippen molar-refractivity contribution >= 4 is 39.9 Å². The summed E-state index contributed by atoms with van der Waals surface area (Å²) in [5.41, 5.74) is -0.714. The Morgan fingerprint density at radius 1 is 1.19 bits per heavy atom. The van der Waals surface area contributed by atoms with Crippen LogP contribution in [0.1, 0.15) is 56.9 Å². The van der Waals surface area contributed by atoms with Crippen molar-refractivity contribution in [3.63, 3.8) is 0 Å². The van der Waals surface area contributed by atoms with Gasteiger partial charge in [0.15, 0.2) is 0 Å². The number of unbranched alkanes of at least 4 members (excludes halogenated alkanes) is 2.